The second-order valence-electron chi connectivity index (χ2n) is 5.68. The van der Waals surface area contributed by atoms with Gasteiger partial charge in [0.25, 0.3) is 10.0 Å². The molecule has 3 rings (SSSR count). The number of sulfonamides is 1. The number of halogens is 1. The van der Waals surface area contributed by atoms with Crippen LogP contribution in [0.4, 0.5) is 5.69 Å². The van der Waals surface area contributed by atoms with E-state index in [0.717, 1.165) is 17.4 Å². The monoisotopic (exact) mass is 438 g/mol. The minimum absolute atomic E-state index is 0.0761. The van der Waals surface area contributed by atoms with Crippen LogP contribution >= 0.6 is 15.9 Å². The van der Waals surface area contributed by atoms with Crippen molar-refractivity contribution in [2.24, 2.45) is 0 Å². The maximum atomic E-state index is 12.8. The molecule has 0 fully saturated rings. The molecule has 0 atom stereocenters. The zero-order valence-electron chi connectivity index (χ0n) is 14.4. The molecule has 26 heavy (non-hydrogen) atoms. The van der Waals surface area contributed by atoms with Gasteiger partial charge in [0.05, 0.1) is 13.7 Å². The van der Waals surface area contributed by atoms with E-state index >= 15 is 0 Å². The Labute approximate surface area is 160 Å². The largest absolute Gasteiger partial charge is 0.495 e. The Bertz CT molecular complexity index is 1030. The van der Waals surface area contributed by atoms with Crippen LogP contribution in [-0.4, -0.2) is 33.8 Å². The molecule has 0 aliphatic heterocycles. The quantitative estimate of drug-likeness (QED) is 0.607. The predicted octanol–water partition coefficient (Wildman–Crippen LogP) is 3.86. The summed E-state index contributed by atoms with van der Waals surface area (Å²) >= 11 is 3.30. The molecule has 0 spiro atoms. The number of ether oxygens (including phenoxy) is 2. The van der Waals surface area contributed by atoms with Crippen molar-refractivity contribution in [1.82, 2.24) is 4.57 Å². The van der Waals surface area contributed by atoms with Crippen molar-refractivity contribution in [1.29, 1.82) is 0 Å². The highest BCUT2D eigenvalue weighted by Gasteiger charge is 2.20. The average molecular weight is 439 g/mol. The van der Waals surface area contributed by atoms with Gasteiger partial charge in [-0.2, -0.15) is 0 Å². The summed E-state index contributed by atoms with van der Waals surface area (Å²) in [5.41, 5.74) is 1.51. The number of hydrogen-bond donors (Lipinski definition) is 1. The second-order valence-corrected chi connectivity index (χ2v) is 8.24. The third kappa shape index (κ3) is 3.87. The van der Waals surface area contributed by atoms with Gasteiger partial charge in [-0.3, -0.25) is 4.72 Å². The molecule has 1 N–H and O–H groups in total. The van der Waals surface area contributed by atoms with Crippen LogP contribution in [-0.2, 0) is 21.3 Å². The molecule has 2 aromatic carbocycles. The van der Waals surface area contributed by atoms with Crippen LogP contribution < -0.4 is 9.46 Å². The number of aromatic nitrogens is 1. The summed E-state index contributed by atoms with van der Waals surface area (Å²) in [4.78, 5) is 0.0761. The van der Waals surface area contributed by atoms with E-state index < -0.39 is 10.0 Å². The molecule has 8 heteroatoms. The van der Waals surface area contributed by atoms with E-state index in [0.29, 0.717) is 16.8 Å². The Balaban J connectivity index is 1.92. The lowest BCUT2D eigenvalue weighted by Gasteiger charge is -2.12. The van der Waals surface area contributed by atoms with Crippen molar-refractivity contribution in [3.05, 3.63) is 53.1 Å². The first kappa shape index (κ1) is 18.8. The molecular formula is C18H19BrN2O4S. The highest BCUT2D eigenvalue weighted by atomic mass is 79.9. The zero-order chi connectivity index (χ0) is 18.7. The van der Waals surface area contributed by atoms with E-state index in [9.17, 15) is 8.42 Å². The number of nitrogens with one attached hydrogen (secondary N) is 1. The van der Waals surface area contributed by atoms with Gasteiger partial charge < -0.3 is 14.0 Å². The average Bonchev–Trinajstić information content (AvgIpc) is 3.01. The van der Waals surface area contributed by atoms with Crippen LogP contribution in [0.25, 0.3) is 10.9 Å². The first-order valence-corrected chi connectivity index (χ1v) is 10.2. The number of benzene rings is 2. The van der Waals surface area contributed by atoms with E-state index in [4.69, 9.17) is 9.47 Å². The number of hydrogen-bond acceptors (Lipinski definition) is 4. The van der Waals surface area contributed by atoms with Crippen molar-refractivity contribution in [3.8, 4) is 5.75 Å². The lowest BCUT2D eigenvalue weighted by Crippen LogP contribution is -2.14. The number of rotatable bonds is 7. The van der Waals surface area contributed by atoms with Crippen molar-refractivity contribution in [3.63, 3.8) is 0 Å². The summed E-state index contributed by atoms with van der Waals surface area (Å²) in [6.45, 7) is 1.35. The van der Waals surface area contributed by atoms with Crippen LogP contribution in [0.3, 0.4) is 0 Å². The van der Waals surface area contributed by atoms with Crippen LogP contribution in [0.2, 0.25) is 0 Å². The van der Waals surface area contributed by atoms with Gasteiger partial charge in [0, 0.05) is 40.9 Å². The maximum absolute atomic E-state index is 12.8. The molecular weight excluding hydrogens is 420 g/mol. The summed E-state index contributed by atoms with van der Waals surface area (Å²) in [5.74, 6) is 0.285. The van der Waals surface area contributed by atoms with Crippen molar-refractivity contribution in [2.75, 3.05) is 25.5 Å². The molecule has 1 heterocycles. The molecule has 1 aromatic heterocycles. The normalized spacial score (nSPS) is 11.7. The number of fused-ring (bicyclic) bond motifs is 1. The highest BCUT2D eigenvalue weighted by molar-refractivity contribution is 9.10. The lowest BCUT2D eigenvalue weighted by atomic mass is 10.2. The van der Waals surface area contributed by atoms with Crippen molar-refractivity contribution in [2.45, 2.75) is 11.4 Å². The summed E-state index contributed by atoms with van der Waals surface area (Å²) in [5, 5.41) is 0.947. The standard InChI is InChI=1S/C18H19BrN2O4S/c1-24-10-9-21-8-7-13-11-15(4-5-16(13)21)20-26(22,23)18-12-14(19)3-6-17(18)25-2/h3-8,11-12,20H,9-10H2,1-2H3. The first-order valence-electron chi connectivity index (χ1n) is 7.89. The molecule has 0 aliphatic rings. The minimum Gasteiger partial charge on any atom is -0.495 e. The SMILES string of the molecule is COCCn1ccc2cc(NS(=O)(=O)c3cc(Br)ccc3OC)ccc21. The third-order valence-corrected chi connectivity index (χ3v) is 5.87. The maximum Gasteiger partial charge on any atom is 0.265 e. The third-order valence-electron chi connectivity index (χ3n) is 3.97. The molecule has 0 aliphatic carbocycles. The molecule has 3 aromatic rings. The topological polar surface area (TPSA) is 69.6 Å². The molecule has 0 bridgehead atoms. The summed E-state index contributed by atoms with van der Waals surface area (Å²) in [6.07, 6.45) is 1.96. The highest BCUT2D eigenvalue weighted by Crippen LogP contribution is 2.29. The number of anilines is 1. The van der Waals surface area contributed by atoms with E-state index in [1.54, 1.807) is 31.4 Å². The van der Waals surface area contributed by atoms with E-state index in [1.165, 1.54) is 13.2 Å². The lowest BCUT2D eigenvalue weighted by molar-refractivity contribution is 0.188. The van der Waals surface area contributed by atoms with E-state index in [1.807, 2.05) is 18.3 Å². The molecule has 0 saturated heterocycles. The van der Waals surface area contributed by atoms with Gasteiger partial charge in [0.1, 0.15) is 10.6 Å². The smallest absolute Gasteiger partial charge is 0.265 e. The summed E-state index contributed by atoms with van der Waals surface area (Å²) in [7, 11) is -0.683. The predicted molar refractivity (Wildman–Crippen MR) is 105 cm³/mol. The van der Waals surface area contributed by atoms with E-state index in [-0.39, 0.29) is 10.6 Å². The number of nitrogens with zero attached hydrogens (tertiary/aromatic N) is 1. The van der Waals surface area contributed by atoms with Crippen LogP contribution in [0.5, 0.6) is 5.75 Å². The first-order chi connectivity index (χ1) is 12.4. The van der Waals surface area contributed by atoms with Gasteiger partial charge in [0.15, 0.2) is 0 Å². The van der Waals surface area contributed by atoms with Crippen molar-refractivity contribution >= 4 is 42.5 Å². The fourth-order valence-electron chi connectivity index (χ4n) is 2.72. The molecule has 0 unspecified atom stereocenters. The molecule has 0 amide bonds. The Morgan fingerprint density at radius 2 is 1.92 bits per heavy atom. The number of methoxy groups -OCH3 is 2. The van der Waals surface area contributed by atoms with Crippen molar-refractivity contribution < 1.29 is 17.9 Å². The Morgan fingerprint density at radius 3 is 2.65 bits per heavy atom. The van der Waals surface area contributed by atoms with Gasteiger partial charge >= 0.3 is 0 Å². The van der Waals surface area contributed by atoms with Crippen LogP contribution in [0.15, 0.2) is 58.0 Å². The van der Waals surface area contributed by atoms with Crippen LogP contribution in [0, 0.1) is 0 Å². The van der Waals surface area contributed by atoms with Gasteiger partial charge in [-0.15, -0.1) is 0 Å². The Hall–Kier alpha value is -2.03. The zero-order valence-corrected chi connectivity index (χ0v) is 16.8. The summed E-state index contributed by atoms with van der Waals surface area (Å²) < 4.78 is 41.2. The Kier molecular flexibility index (Phi) is 5.55. The van der Waals surface area contributed by atoms with Gasteiger partial charge in [-0.05, 0) is 42.5 Å². The minimum atomic E-state index is -3.79. The molecule has 138 valence electrons. The van der Waals surface area contributed by atoms with Crippen LogP contribution in [0.1, 0.15) is 0 Å². The van der Waals surface area contributed by atoms with E-state index in [2.05, 4.69) is 25.2 Å². The fourth-order valence-corrected chi connectivity index (χ4v) is 4.48. The molecule has 0 radical (unpaired) electrons. The summed E-state index contributed by atoms with van der Waals surface area (Å²) in [6, 6.07) is 12.2. The second kappa shape index (κ2) is 7.69. The Morgan fingerprint density at radius 1 is 1.12 bits per heavy atom. The molecule has 0 saturated carbocycles. The fraction of sp³-hybridized carbons (Fsp3) is 0.222. The molecule has 6 nitrogen and oxygen atoms in total. The van der Waals surface area contributed by atoms with Gasteiger partial charge in [-0.25, -0.2) is 8.42 Å². The van der Waals surface area contributed by atoms with Gasteiger partial charge in [0.2, 0.25) is 0 Å². The van der Waals surface area contributed by atoms with Gasteiger partial charge in [-0.1, -0.05) is 15.9 Å².